The van der Waals surface area contributed by atoms with Gasteiger partial charge in [0.1, 0.15) is 6.04 Å². The molecule has 0 saturated carbocycles. The molecule has 1 atom stereocenters. The SMILES string of the molecule is O=C(NCCCC(=O)N1CSCC1C(=O)O)c1ccco1. The summed E-state index contributed by atoms with van der Waals surface area (Å²) in [6.45, 7) is 0.337. The van der Waals surface area contributed by atoms with Crippen molar-refractivity contribution in [2.24, 2.45) is 0 Å². The van der Waals surface area contributed by atoms with Gasteiger partial charge >= 0.3 is 5.97 Å². The third-order valence-electron chi connectivity index (χ3n) is 3.09. The minimum Gasteiger partial charge on any atom is -0.480 e. The fourth-order valence-electron chi connectivity index (χ4n) is 1.97. The van der Waals surface area contributed by atoms with Crippen molar-refractivity contribution in [3.8, 4) is 0 Å². The molecule has 7 nitrogen and oxygen atoms in total. The zero-order valence-electron chi connectivity index (χ0n) is 11.3. The van der Waals surface area contributed by atoms with Crippen molar-refractivity contribution in [2.45, 2.75) is 18.9 Å². The van der Waals surface area contributed by atoms with E-state index in [1.807, 2.05) is 0 Å². The number of carbonyl (C=O) groups is 3. The van der Waals surface area contributed by atoms with Crippen LogP contribution in [0.4, 0.5) is 0 Å². The van der Waals surface area contributed by atoms with E-state index in [0.29, 0.717) is 24.6 Å². The maximum absolute atomic E-state index is 12.0. The summed E-state index contributed by atoms with van der Waals surface area (Å²) in [5.41, 5.74) is 0. The molecule has 1 aromatic rings. The molecule has 2 N–H and O–H groups in total. The molecule has 0 bridgehead atoms. The predicted octanol–water partition coefficient (Wildman–Crippen LogP) is 0.776. The van der Waals surface area contributed by atoms with Crippen LogP contribution < -0.4 is 5.32 Å². The van der Waals surface area contributed by atoms with Crippen LogP contribution in [0.5, 0.6) is 0 Å². The topological polar surface area (TPSA) is 99.9 Å². The van der Waals surface area contributed by atoms with Gasteiger partial charge in [-0.2, -0.15) is 0 Å². The lowest BCUT2D eigenvalue weighted by Crippen LogP contribution is -2.41. The lowest BCUT2D eigenvalue weighted by atomic mass is 10.2. The van der Waals surface area contributed by atoms with Gasteiger partial charge in [0.05, 0.1) is 12.1 Å². The number of nitrogens with one attached hydrogen (secondary N) is 1. The van der Waals surface area contributed by atoms with Crippen LogP contribution in [-0.4, -0.2) is 52.0 Å². The minimum atomic E-state index is -0.973. The van der Waals surface area contributed by atoms with Gasteiger partial charge < -0.3 is 19.7 Å². The van der Waals surface area contributed by atoms with Gasteiger partial charge in [0.25, 0.3) is 5.91 Å². The van der Waals surface area contributed by atoms with Crippen LogP contribution in [0.25, 0.3) is 0 Å². The molecule has 0 radical (unpaired) electrons. The number of carboxylic acid groups (broad SMARTS) is 1. The first-order valence-corrected chi connectivity index (χ1v) is 7.67. The Morgan fingerprint density at radius 3 is 2.95 bits per heavy atom. The van der Waals surface area contributed by atoms with Crippen LogP contribution in [0, 0.1) is 0 Å². The maximum atomic E-state index is 12.0. The van der Waals surface area contributed by atoms with E-state index in [0.717, 1.165) is 0 Å². The second-order valence-electron chi connectivity index (χ2n) is 4.55. The molecular weight excluding hydrogens is 296 g/mol. The van der Waals surface area contributed by atoms with E-state index in [4.69, 9.17) is 9.52 Å². The summed E-state index contributed by atoms with van der Waals surface area (Å²) in [4.78, 5) is 35.9. The monoisotopic (exact) mass is 312 g/mol. The van der Waals surface area contributed by atoms with Crippen molar-refractivity contribution < 1.29 is 23.9 Å². The first-order valence-electron chi connectivity index (χ1n) is 6.51. The summed E-state index contributed by atoms with van der Waals surface area (Å²) in [6.07, 6.45) is 2.08. The Bertz CT molecular complexity index is 517. The molecule has 0 aromatic carbocycles. The van der Waals surface area contributed by atoms with Gasteiger partial charge in [-0.05, 0) is 18.6 Å². The number of nitrogens with zero attached hydrogens (tertiary/aromatic N) is 1. The van der Waals surface area contributed by atoms with Crippen molar-refractivity contribution in [3.63, 3.8) is 0 Å². The van der Waals surface area contributed by atoms with Crippen LogP contribution in [0.3, 0.4) is 0 Å². The molecule has 2 heterocycles. The minimum absolute atomic E-state index is 0.195. The van der Waals surface area contributed by atoms with E-state index in [9.17, 15) is 14.4 Å². The van der Waals surface area contributed by atoms with Gasteiger partial charge in [-0.25, -0.2) is 4.79 Å². The molecule has 2 rings (SSSR count). The molecule has 1 aliphatic rings. The third-order valence-corrected chi connectivity index (χ3v) is 4.10. The van der Waals surface area contributed by atoms with Crippen LogP contribution in [0.2, 0.25) is 0 Å². The molecule has 2 amide bonds. The Morgan fingerprint density at radius 2 is 2.29 bits per heavy atom. The number of thioether (sulfide) groups is 1. The smallest absolute Gasteiger partial charge is 0.327 e. The Morgan fingerprint density at radius 1 is 1.48 bits per heavy atom. The van der Waals surface area contributed by atoms with E-state index in [2.05, 4.69) is 5.32 Å². The average Bonchev–Trinajstić information content (AvgIpc) is 3.12. The van der Waals surface area contributed by atoms with E-state index < -0.39 is 12.0 Å². The predicted molar refractivity (Wildman–Crippen MR) is 75.9 cm³/mol. The number of furan rings is 1. The summed E-state index contributed by atoms with van der Waals surface area (Å²) in [7, 11) is 0. The van der Waals surface area contributed by atoms with Crippen molar-refractivity contribution >= 4 is 29.5 Å². The molecule has 1 aliphatic heterocycles. The largest absolute Gasteiger partial charge is 0.480 e. The van der Waals surface area contributed by atoms with Crippen LogP contribution >= 0.6 is 11.8 Å². The van der Waals surface area contributed by atoms with Crippen LogP contribution in [-0.2, 0) is 9.59 Å². The second kappa shape index (κ2) is 7.16. The van der Waals surface area contributed by atoms with Gasteiger partial charge in [-0.3, -0.25) is 9.59 Å². The van der Waals surface area contributed by atoms with Crippen LogP contribution in [0.15, 0.2) is 22.8 Å². The Labute approximate surface area is 125 Å². The standard InChI is InChI=1S/C13H16N2O5S/c16-11(15-8-21-7-9(15)13(18)19)4-1-5-14-12(17)10-3-2-6-20-10/h2-3,6,9H,1,4-5,7-8H2,(H,14,17)(H,18,19). The first-order chi connectivity index (χ1) is 10.1. The molecule has 1 saturated heterocycles. The first kappa shape index (κ1) is 15.4. The van der Waals surface area contributed by atoms with E-state index >= 15 is 0 Å². The summed E-state index contributed by atoms with van der Waals surface area (Å²) < 4.78 is 4.94. The fourth-order valence-corrected chi connectivity index (χ4v) is 3.14. The third kappa shape index (κ3) is 4.01. The lowest BCUT2D eigenvalue weighted by Gasteiger charge is -2.20. The quantitative estimate of drug-likeness (QED) is 0.753. The van der Waals surface area contributed by atoms with Gasteiger partial charge in [0.15, 0.2) is 5.76 Å². The maximum Gasteiger partial charge on any atom is 0.327 e. The molecule has 8 heteroatoms. The normalized spacial score (nSPS) is 17.7. The van der Waals surface area contributed by atoms with Crippen molar-refractivity contribution in [3.05, 3.63) is 24.2 Å². The highest BCUT2D eigenvalue weighted by molar-refractivity contribution is 7.99. The summed E-state index contributed by atoms with van der Waals surface area (Å²) in [5.74, 6) is -0.430. The number of carbonyl (C=O) groups excluding carboxylic acids is 2. The number of carboxylic acids is 1. The Kier molecular flexibility index (Phi) is 5.26. The van der Waals surface area contributed by atoms with Gasteiger partial charge in [-0.1, -0.05) is 0 Å². The lowest BCUT2D eigenvalue weighted by molar-refractivity contribution is -0.147. The van der Waals surface area contributed by atoms with Crippen LogP contribution in [0.1, 0.15) is 23.4 Å². The zero-order valence-corrected chi connectivity index (χ0v) is 12.1. The highest BCUT2D eigenvalue weighted by atomic mass is 32.2. The highest BCUT2D eigenvalue weighted by Gasteiger charge is 2.33. The molecule has 0 aliphatic carbocycles. The van der Waals surface area contributed by atoms with E-state index in [-0.39, 0.29) is 24.0 Å². The zero-order chi connectivity index (χ0) is 15.2. The number of hydrogen-bond acceptors (Lipinski definition) is 5. The van der Waals surface area contributed by atoms with Crippen molar-refractivity contribution in [1.29, 1.82) is 0 Å². The molecule has 21 heavy (non-hydrogen) atoms. The van der Waals surface area contributed by atoms with Gasteiger partial charge in [0, 0.05) is 18.7 Å². The molecule has 0 spiro atoms. The summed E-state index contributed by atoms with van der Waals surface area (Å²) in [6, 6.07) is 2.44. The van der Waals surface area contributed by atoms with E-state index in [1.54, 1.807) is 12.1 Å². The molecule has 1 fully saturated rings. The van der Waals surface area contributed by atoms with E-state index in [1.165, 1.54) is 22.9 Å². The van der Waals surface area contributed by atoms with Crippen molar-refractivity contribution in [2.75, 3.05) is 18.2 Å². The average molecular weight is 312 g/mol. The van der Waals surface area contributed by atoms with Gasteiger partial charge in [-0.15, -0.1) is 11.8 Å². The Hall–Kier alpha value is -1.96. The summed E-state index contributed by atoms with van der Waals surface area (Å²) in [5, 5.41) is 11.6. The fraction of sp³-hybridized carbons (Fsp3) is 0.462. The molecule has 114 valence electrons. The molecule has 1 unspecified atom stereocenters. The second-order valence-corrected chi connectivity index (χ2v) is 5.55. The number of amides is 2. The summed E-state index contributed by atoms with van der Waals surface area (Å²) >= 11 is 1.43. The molecular formula is C13H16N2O5S. The van der Waals surface area contributed by atoms with Crippen molar-refractivity contribution in [1.82, 2.24) is 10.2 Å². The number of aliphatic carboxylic acids is 1. The highest BCUT2D eigenvalue weighted by Crippen LogP contribution is 2.22. The molecule has 1 aromatic heterocycles. The number of hydrogen-bond donors (Lipinski definition) is 2. The van der Waals surface area contributed by atoms with Gasteiger partial charge in [0.2, 0.25) is 5.91 Å². The number of rotatable bonds is 6. The Balaban J connectivity index is 1.70.